The van der Waals surface area contributed by atoms with Crippen molar-refractivity contribution in [3.8, 4) is 11.1 Å². The maximum atomic E-state index is 5.81. The highest BCUT2D eigenvalue weighted by Gasteiger charge is 2.36. The lowest BCUT2D eigenvalue weighted by Gasteiger charge is -2.23. The highest BCUT2D eigenvalue weighted by Crippen LogP contribution is 2.51. The van der Waals surface area contributed by atoms with E-state index in [-0.39, 0.29) is 5.41 Å². The molecule has 8 rings (SSSR count). The molecule has 2 aliphatic rings. The fraction of sp³-hybridized carbons (Fsp3) is 0.150. The lowest BCUT2D eigenvalue weighted by atomic mass is 9.82. The number of para-hydroxylation sites is 4. The summed E-state index contributed by atoms with van der Waals surface area (Å²) in [6.45, 7) is 6.93. The fourth-order valence-electron chi connectivity index (χ4n) is 6.84. The third kappa shape index (κ3) is 4.71. The van der Waals surface area contributed by atoms with Crippen LogP contribution in [0.2, 0.25) is 0 Å². The van der Waals surface area contributed by atoms with Crippen molar-refractivity contribution < 1.29 is 0 Å². The Hall–Kier alpha value is -5.02. The first-order valence-electron chi connectivity index (χ1n) is 15.1. The zero-order valence-electron chi connectivity index (χ0n) is 25.0. The molecule has 0 spiro atoms. The van der Waals surface area contributed by atoms with Crippen molar-refractivity contribution in [2.45, 2.75) is 38.6 Å². The Balaban J connectivity index is 0.000000180. The molecule has 5 aromatic carbocycles. The van der Waals surface area contributed by atoms with Gasteiger partial charge in [0.15, 0.2) is 0 Å². The highest BCUT2D eigenvalue weighted by molar-refractivity contribution is 6.10. The van der Waals surface area contributed by atoms with Gasteiger partial charge in [0.1, 0.15) is 0 Å². The number of nitrogen functional groups attached to an aromatic ring is 1. The number of hydrogen-bond acceptors (Lipinski definition) is 2. The Kier molecular flexibility index (Phi) is 6.66. The number of hydrogen-bond donors (Lipinski definition) is 2. The van der Waals surface area contributed by atoms with Gasteiger partial charge in [-0.15, -0.1) is 0 Å². The second-order valence-corrected chi connectivity index (χ2v) is 12.2. The van der Waals surface area contributed by atoms with Crippen LogP contribution in [0.25, 0.3) is 32.9 Å². The molecule has 0 radical (unpaired) electrons. The zero-order valence-corrected chi connectivity index (χ0v) is 25.0. The summed E-state index contributed by atoms with van der Waals surface area (Å²) in [5, 5.41) is 5.97. The number of nitrogens with one attached hydrogen (secondary N) is 1. The Labute approximate surface area is 254 Å². The first kappa shape index (κ1) is 26.9. The monoisotopic (exact) mass is 559 g/mol. The van der Waals surface area contributed by atoms with Gasteiger partial charge in [-0.25, -0.2) is 0 Å². The van der Waals surface area contributed by atoms with Crippen molar-refractivity contribution >= 4 is 38.9 Å². The van der Waals surface area contributed by atoms with Crippen LogP contribution in [-0.4, -0.2) is 4.57 Å². The number of nitrogens with zero attached hydrogens (tertiary/aromatic N) is 1. The van der Waals surface area contributed by atoms with Crippen molar-refractivity contribution in [2.75, 3.05) is 11.1 Å². The standard InChI is InChI=1S/C28H25N.C12H12N2/c1-18-9-8-10-19(15-18)29-26-14-7-5-12-21(26)23-16-22-20-11-4-6-13-24(20)28(2,3)25(22)17-27(23)29;13-11-8-4-5-9-12(11)14-10-6-2-1-3-7-10/h4-9,11-17,19H,10H2,1-3H3;1-9,14H,13H2. The van der Waals surface area contributed by atoms with E-state index >= 15 is 0 Å². The Morgan fingerprint density at radius 3 is 2.26 bits per heavy atom. The summed E-state index contributed by atoms with van der Waals surface area (Å²) in [7, 11) is 0. The lowest BCUT2D eigenvalue weighted by Crippen LogP contribution is -2.15. The molecule has 0 aliphatic heterocycles. The van der Waals surface area contributed by atoms with Gasteiger partial charge in [0.05, 0.1) is 22.9 Å². The molecule has 0 bridgehead atoms. The van der Waals surface area contributed by atoms with Crippen LogP contribution >= 0.6 is 0 Å². The average molecular weight is 560 g/mol. The van der Waals surface area contributed by atoms with Gasteiger partial charge in [0, 0.05) is 27.4 Å². The van der Waals surface area contributed by atoms with Crippen molar-refractivity contribution in [1.29, 1.82) is 0 Å². The van der Waals surface area contributed by atoms with Crippen LogP contribution < -0.4 is 11.1 Å². The van der Waals surface area contributed by atoms with E-state index in [0.717, 1.165) is 23.5 Å². The Morgan fingerprint density at radius 1 is 0.721 bits per heavy atom. The van der Waals surface area contributed by atoms with Gasteiger partial charge in [-0.1, -0.05) is 110 Å². The molecule has 0 amide bonds. The Morgan fingerprint density at radius 2 is 1.44 bits per heavy atom. The quantitative estimate of drug-likeness (QED) is 0.212. The van der Waals surface area contributed by atoms with Gasteiger partial charge in [-0.3, -0.25) is 0 Å². The average Bonchev–Trinajstić information content (AvgIpc) is 3.47. The number of aromatic nitrogens is 1. The maximum Gasteiger partial charge on any atom is 0.0617 e. The first-order valence-corrected chi connectivity index (χ1v) is 15.1. The van der Waals surface area contributed by atoms with Gasteiger partial charge in [0.25, 0.3) is 0 Å². The Bertz CT molecular complexity index is 2020. The molecule has 1 heterocycles. The second-order valence-electron chi connectivity index (χ2n) is 12.2. The summed E-state index contributed by atoms with van der Waals surface area (Å²) < 4.78 is 2.57. The second kappa shape index (κ2) is 10.7. The predicted molar refractivity (Wildman–Crippen MR) is 184 cm³/mol. The zero-order chi connectivity index (χ0) is 29.6. The van der Waals surface area contributed by atoms with E-state index in [4.69, 9.17) is 5.73 Å². The highest BCUT2D eigenvalue weighted by atomic mass is 15.0. The molecule has 43 heavy (non-hydrogen) atoms. The summed E-state index contributed by atoms with van der Waals surface area (Å²) >= 11 is 0. The predicted octanol–water partition coefficient (Wildman–Crippen LogP) is 10.6. The number of fused-ring (bicyclic) bond motifs is 6. The van der Waals surface area contributed by atoms with Gasteiger partial charge in [0.2, 0.25) is 0 Å². The molecule has 0 fully saturated rings. The third-order valence-corrected chi connectivity index (χ3v) is 8.97. The molecule has 0 saturated heterocycles. The minimum Gasteiger partial charge on any atom is -0.397 e. The van der Waals surface area contributed by atoms with Crippen molar-refractivity contribution in [3.63, 3.8) is 0 Å². The van der Waals surface area contributed by atoms with Crippen LogP contribution in [0, 0.1) is 0 Å². The number of rotatable bonds is 3. The number of nitrogens with two attached hydrogens (primary N) is 1. The van der Waals surface area contributed by atoms with E-state index in [9.17, 15) is 0 Å². The number of benzene rings is 5. The minimum atomic E-state index is 0.0274. The normalized spacial score (nSPS) is 16.3. The minimum absolute atomic E-state index is 0.0274. The molecule has 212 valence electrons. The molecule has 1 aromatic heterocycles. The van der Waals surface area contributed by atoms with E-state index in [2.05, 4.69) is 110 Å². The SMILES string of the molecule is CC1=CC(n2c3ccccc3c3cc4c(cc32)C(C)(C)c2ccccc2-4)CC=C1.Nc1ccccc1Nc1ccccc1. The van der Waals surface area contributed by atoms with E-state index in [1.54, 1.807) is 0 Å². The molecule has 0 saturated carbocycles. The fourth-order valence-corrected chi connectivity index (χ4v) is 6.84. The van der Waals surface area contributed by atoms with Crippen LogP contribution in [0.3, 0.4) is 0 Å². The van der Waals surface area contributed by atoms with Crippen molar-refractivity contribution in [2.24, 2.45) is 0 Å². The first-order chi connectivity index (χ1) is 20.9. The largest absolute Gasteiger partial charge is 0.397 e. The van der Waals surface area contributed by atoms with Gasteiger partial charge in [-0.05, 0) is 78.1 Å². The molecular weight excluding hydrogens is 522 g/mol. The lowest BCUT2D eigenvalue weighted by molar-refractivity contribution is 0.639. The molecule has 3 N–H and O–H groups in total. The maximum absolute atomic E-state index is 5.81. The van der Waals surface area contributed by atoms with E-state index in [0.29, 0.717) is 6.04 Å². The van der Waals surface area contributed by atoms with E-state index < -0.39 is 0 Å². The van der Waals surface area contributed by atoms with Crippen LogP contribution in [0.1, 0.15) is 44.4 Å². The van der Waals surface area contributed by atoms with E-state index in [1.165, 1.54) is 49.6 Å². The third-order valence-electron chi connectivity index (χ3n) is 8.97. The molecule has 3 nitrogen and oxygen atoms in total. The smallest absolute Gasteiger partial charge is 0.0617 e. The van der Waals surface area contributed by atoms with E-state index in [1.807, 2.05) is 54.6 Å². The van der Waals surface area contributed by atoms with Gasteiger partial charge in [-0.2, -0.15) is 0 Å². The molecule has 1 atom stereocenters. The summed E-state index contributed by atoms with van der Waals surface area (Å²) in [6, 6.07) is 40.8. The van der Waals surface area contributed by atoms with Crippen LogP contribution in [0.15, 0.2) is 139 Å². The topological polar surface area (TPSA) is 43.0 Å². The summed E-state index contributed by atoms with van der Waals surface area (Å²) in [6.07, 6.45) is 8.01. The molecule has 6 aromatic rings. The van der Waals surface area contributed by atoms with Gasteiger partial charge < -0.3 is 15.6 Å². The molecular formula is C40H37N3. The molecule has 3 heteroatoms. The molecule has 1 unspecified atom stereocenters. The van der Waals surface area contributed by atoms with Gasteiger partial charge >= 0.3 is 0 Å². The number of allylic oxidation sites excluding steroid dienone is 4. The summed E-state index contributed by atoms with van der Waals surface area (Å²) in [4.78, 5) is 0. The summed E-state index contributed by atoms with van der Waals surface area (Å²) in [5.74, 6) is 0. The number of anilines is 3. The summed E-state index contributed by atoms with van der Waals surface area (Å²) in [5.41, 5.74) is 18.3. The van der Waals surface area contributed by atoms with Crippen LogP contribution in [0.5, 0.6) is 0 Å². The van der Waals surface area contributed by atoms with Crippen molar-refractivity contribution in [3.05, 3.63) is 150 Å². The molecule has 2 aliphatic carbocycles. The van der Waals surface area contributed by atoms with Crippen LogP contribution in [-0.2, 0) is 5.41 Å². The van der Waals surface area contributed by atoms with Crippen LogP contribution in [0.4, 0.5) is 17.1 Å². The van der Waals surface area contributed by atoms with Crippen molar-refractivity contribution in [1.82, 2.24) is 4.57 Å².